The van der Waals surface area contributed by atoms with Crippen LogP contribution in [0.5, 0.6) is 0 Å². The lowest BCUT2D eigenvalue weighted by Gasteiger charge is -2.35. The van der Waals surface area contributed by atoms with Crippen molar-refractivity contribution in [1.29, 1.82) is 0 Å². The molecule has 7 heteroatoms. The Hall–Kier alpha value is -1.69. The molecule has 0 saturated carbocycles. The molecule has 0 radical (unpaired) electrons. The fourth-order valence-electron chi connectivity index (χ4n) is 3.03. The van der Waals surface area contributed by atoms with Gasteiger partial charge < -0.3 is 4.90 Å². The van der Waals surface area contributed by atoms with E-state index in [4.69, 9.17) is 11.6 Å². The summed E-state index contributed by atoms with van der Waals surface area (Å²) >= 11 is 6.12. The monoisotopic (exact) mass is 335 g/mol. The van der Waals surface area contributed by atoms with Crippen molar-refractivity contribution < 1.29 is 4.79 Å². The molecule has 2 aromatic rings. The Morgan fingerprint density at radius 3 is 2.57 bits per heavy atom. The van der Waals surface area contributed by atoms with Crippen LogP contribution in [0.3, 0.4) is 0 Å². The first-order valence-corrected chi connectivity index (χ1v) is 8.36. The number of amides is 1. The Balaban J connectivity index is 1.66. The molecule has 124 valence electrons. The summed E-state index contributed by atoms with van der Waals surface area (Å²) in [5.41, 5.74) is 1.06. The van der Waals surface area contributed by atoms with Gasteiger partial charge in [-0.25, -0.2) is 14.6 Å². The van der Waals surface area contributed by atoms with Crippen LogP contribution in [0, 0.1) is 11.3 Å². The topological polar surface area (TPSA) is 63.9 Å². The molecule has 0 spiro atoms. The molecule has 0 unspecified atom stereocenters. The highest BCUT2D eigenvalue weighted by molar-refractivity contribution is 6.33. The lowest BCUT2D eigenvalue weighted by Crippen LogP contribution is -2.44. The van der Waals surface area contributed by atoms with Crippen molar-refractivity contribution in [2.75, 3.05) is 13.1 Å². The minimum absolute atomic E-state index is 0.231. The van der Waals surface area contributed by atoms with Crippen molar-refractivity contribution in [3.8, 4) is 0 Å². The first kappa shape index (κ1) is 16.2. The first-order chi connectivity index (χ1) is 10.9. The molecule has 0 N–H and O–H groups in total. The highest BCUT2D eigenvalue weighted by atomic mass is 35.5. The molecule has 3 rings (SSSR count). The lowest BCUT2D eigenvalue weighted by molar-refractivity contribution is -0.140. The van der Waals surface area contributed by atoms with Crippen LogP contribution in [-0.4, -0.2) is 43.6 Å². The minimum atomic E-state index is -0.311. The molecule has 1 aliphatic rings. The summed E-state index contributed by atoms with van der Waals surface area (Å²) in [6.07, 6.45) is 5.22. The van der Waals surface area contributed by atoms with E-state index in [-0.39, 0.29) is 11.3 Å². The summed E-state index contributed by atoms with van der Waals surface area (Å²) < 4.78 is 1.84. The molecule has 0 atom stereocenters. The second-order valence-electron chi connectivity index (χ2n) is 7.19. The van der Waals surface area contributed by atoms with E-state index >= 15 is 0 Å². The van der Waals surface area contributed by atoms with Crippen LogP contribution >= 0.6 is 11.6 Å². The third kappa shape index (κ3) is 3.32. The van der Waals surface area contributed by atoms with Gasteiger partial charge in [-0.1, -0.05) is 32.4 Å². The van der Waals surface area contributed by atoms with Gasteiger partial charge in [0, 0.05) is 37.4 Å². The Labute approximate surface area is 140 Å². The largest absolute Gasteiger partial charge is 0.342 e. The van der Waals surface area contributed by atoms with Crippen LogP contribution in [0.25, 0.3) is 11.2 Å². The smallest absolute Gasteiger partial charge is 0.227 e. The quantitative estimate of drug-likeness (QED) is 0.846. The number of likely N-dealkylation sites (tertiary alicyclic amines) is 1. The van der Waals surface area contributed by atoms with Crippen molar-refractivity contribution in [1.82, 2.24) is 24.6 Å². The zero-order valence-corrected chi connectivity index (χ0v) is 14.5. The number of nitrogens with zero attached hydrogens (tertiary/aromatic N) is 5. The van der Waals surface area contributed by atoms with Crippen LogP contribution in [-0.2, 0) is 11.3 Å². The molecule has 6 nitrogen and oxygen atoms in total. The SMILES string of the molecule is CC(C)(C)C(=O)N1CCC(Cn2nc(Cl)c3nccnc32)CC1. The number of hydrogen-bond donors (Lipinski definition) is 0. The molecule has 0 bridgehead atoms. The van der Waals surface area contributed by atoms with E-state index in [1.807, 2.05) is 30.4 Å². The van der Waals surface area contributed by atoms with Crippen LogP contribution in [0.15, 0.2) is 12.4 Å². The van der Waals surface area contributed by atoms with Crippen molar-refractivity contribution >= 4 is 28.7 Å². The number of hydrogen-bond acceptors (Lipinski definition) is 4. The molecular formula is C16H22ClN5O. The van der Waals surface area contributed by atoms with Crippen LogP contribution < -0.4 is 0 Å². The van der Waals surface area contributed by atoms with Crippen molar-refractivity contribution in [3.63, 3.8) is 0 Å². The van der Waals surface area contributed by atoms with Gasteiger partial charge in [0.25, 0.3) is 0 Å². The van der Waals surface area contributed by atoms with E-state index in [0.29, 0.717) is 16.6 Å². The highest BCUT2D eigenvalue weighted by Gasteiger charge is 2.30. The summed E-state index contributed by atoms with van der Waals surface area (Å²) in [6.45, 7) is 8.28. The number of halogens is 1. The van der Waals surface area contributed by atoms with Gasteiger partial charge in [-0.3, -0.25) is 4.79 Å². The Morgan fingerprint density at radius 1 is 1.26 bits per heavy atom. The van der Waals surface area contributed by atoms with E-state index in [9.17, 15) is 4.79 Å². The van der Waals surface area contributed by atoms with Gasteiger partial charge in [-0.05, 0) is 18.8 Å². The van der Waals surface area contributed by atoms with E-state index in [2.05, 4.69) is 15.1 Å². The van der Waals surface area contributed by atoms with E-state index in [0.717, 1.165) is 38.1 Å². The number of carbonyl (C=O) groups excluding carboxylic acids is 1. The van der Waals surface area contributed by atoms with Gasteiger partial charge in [0.1, 0.15) is 5.52 Å². The third-order valence-corrected chi connectivity index (χ3v) is 4.56. The summed E-state index contributed by atoms with van der Waals surface area (Å²) in [4.78, 5) is 22.9. The average molecular weight is 336 g/mol. The number of piperidine rings is 1. The van der Waals surface area contributed by atoms with Gasteiger partial charge in [-0.15, -0.1) is 0 Å². The first-order valence-electron chi connectivity index (χ1n) is 7.98. The van der Waals surface area contributed by atoms with Gasteiger partial charge in [0.05, 0.1) is 0 Å². The van der Waals surface area contributed by atoms with Crippen LogP contribution in [0.1, 0.15) is 33.6 Å². The predicted molar refractivity (Wildman–Crippen MR) is 89.1 cm³/mol. The fourth-order valence-corrected chi connectivity index (χ4v) is 3.26. The van der Waals surface area contributed by atoms with Crippen LogP contribution in [0.4, 0.5) is 0 Å². The highest BCUT2D eigenvalue weighted by Crippen LogP contribution is 2.26. The van der Waals surface area contributed by atoms with E-state index in [1.165, 1.54) is 0 Å². The maximum absolute atomic E-state index is 12.3. The number of fused-ring (bicyclic) bond motifs is 1. The average Bonchev–Trinajstić information content (AvgIpc) is 2.83. The zero-order chi connectivity index (χ0) is 16.6. The zero-order valence-electron chi connectivity index (χ0n) is 13.8. The molecule has 1 aliphatic heterocycles. The number of rotatable bonds is 2. The molecule has 1 amide bonds. The lowest BCUT2D eigenvalue weighted by atomic mass is 9.91. The normalized spacial score (nSPS) is 17.0. The predicted octanol–water partition coefficient (Wildman–Crippen LogP) is 2.76. The third-order valence-electron chi connectivity index (χ3n) is 4.30. The number of carbonyl (C=O) groups is 1. The summed E-state index contributed by atoms with van der Waals surface area (Å²) in [5.74, 6) is 0.703. The van der Waals surface area contributed by atoms with Crippen molar-refractivity contribution in [2.24, 2.45) is 11.3 Å². The maximum Gasteiger partial charge on any atom is 0.227 e. The van der Waals surface area contributed by atoms with Crippen LogP contribution in [0.2, 0.25) is 5.15 Å². The Kier molecular flexibility index (Phi) is 4.27. The molecule has 2 aromatic heterocycles. The molecule has 0 aliphatic carbocycles. The summed E-state index contributed by atoms with van der Waals surface area (Å²) in [5, 5.41) is 4.75. The molecule has 1 saturated heterocycles. The Bertz CT molecular complexity index is 713. The standard InChI is InChI=1S/C16H22ClN5O/c1-16(2,3)15(23)21-8-4-11(5-9-21)10-22-14-12(13(17)20-22)18-6-7-19-14/h6-7,11H,4-5,8-10H2,1-3H3. The van der Waals surface area contributed by atoms with Crippen molar-refractivity contribution in [2.45, 2.75) is 40.2 Å². The van der Waals surface area contributed by atoms with Gasteiger partial charge in [0.15, 0.2) is 10.8 Å². The molecule has 23 heavy (non-hydrogen) atoms. The van der Waals surface area contributed by atoms with Gasteiger partial charge >= 0.3 is 0 Å². The number of aromatic nitrogens is 4. The van der Waals surface area contributed by atoms with Gasteiger partial charge in [-0.2, -0.15) is 5.10 Å². The molecule has 3 heterocycles. The maximum atomic E-state index is 12.3. The minimum Gasteiger partial charge on any atom is -0.342 e. The second kappa shape index (κ2) is 6.07. The van der Waals surface area contributed by atoms with Gasteiger partial charge in [0.2, 0.25) is 5.91 Å². The Morgan fingerprint density at radius 2 is 1.91 bits per heavy atom. The van der Waals surface area contributed by atoms with Crippen molar-refractivity contribution in [3.05, 3.63) is 17.5 Å². The molecule has 1 fully saturated rings. The molecular weight excluding hydrogens is 314 g/mol. The summed E-state index contributed by atoms with van der Waals surface area (Å²) in [6, 6.07) is 0. The van der Waals surface area contributed by atoms with E-state index in [1.54, 1.807) is 12.4 Å². The summed E-state index contributed by atoms with van der Waals surface area (Å²) in [7, 11) is 0. The second-order valence-corrected chi connectivity index (χ2v) is 7.55. The molecule has 0 aromatic carbocycles. The fraction of sp³-hybridized carbons (Fsp3) is 0.625. The van der Waals surface area contributed by atoms with E-state index < -0.39 is 0 Å².